The molecule has 0 saturated heterocycles. The Labute approximate surface area is 103 Å². The van der Waals surface area contributed by atoms with E-state index in [0.29, 0.717) is 11.3 Å². The standard InChI is InChI=1S/C13H21N3O/c1-4-13(5-6-13)8-14-11-7-12(16-9-15-11)17-10(2)3/h7,9-10H,4-6,8H2,1-3H3,(H,14,15,16). The van der Waals surface area contributed by atoms with E-state index < -0.39 is 0 Å². The summed E-state index contributed by atoms with van der Waals surface area (Å²) in [5, 5.41) is 3.38. The third-order valence-corrected chi connectivity index (χ3v) is 3.35. The molecule has 17 heavy (non-hydrogen) atoms. The largest absolute Gasteiger partial charge is 0.475 e. The molecule has 1 aliphatic rings. The molecule has 0 bridgehead atoms. The van der Waals surface area contributed by atoms with Crippen LogP contribution in [0.25, 0.3) is 0 Å². The topological polar surface area (TPSA) is 47.0 Å². The fourth-order valence-corrected chi connectivity index (χ4v) is 1.85. The summed E-state index contributed by atoms with van der Waals surface area (Å²) in [6, 6.07) is 1.87. The van der Waals surface area contributed by atoms with Gasteiger partial charge in [-0.05, 0) is 38.5 Å². The van der Waals surface area contributed by atoms with E-state index in [4.69, 9.17) is 4.74 Å². The third kappa shape index (κ3) is 3.32. The van der Waals surface area contributed by atoms with Crippen LogP contribution in [0.2, 0.25) is 0 Å². The fourth-order valence-electron chi connectivity index (χ4n) is 1.85. The molecule has 1 aromatic heterocycles. The molecule has 1 N–H and O–H groups in total. The van der Waals surface area contributed by atoms with E-state index >= 15 is 0 Å². The second-order valence-electron chi connectivity index (χ2n) is 5.12. The van der Waals surface area contributed by atoms with Gasteiger partial charge in [0.2, 0.25) is 5.88 Å². The van der Waals surface area contributed by atoms with Crippen LogP contribution in [0.4, 0.5) is 5.82 Å². The van der Waals surface area contributed by atoms with E-state index in [-0.39, 0.29) is 6.10 Å². The van der Waals surface area contributed by atoms with Crippen molar-refractivity contribution >= 4 is 5.82 Å². The molecule has 0 aliphatic heterocycles. The Hall–Kier alpha value is -1.32. The molecule has 0 aromatic carbocycles. The van der Waals surface area contributed by atoms with E-state index in [1.165, 1.54) is 19.3 Å². The summed E-state index contributed by atoms with van der Waals surface area (Å²) in [7, 11) is 0. The maximum absolute atomic E-state index is 5.54. The Kier molecular flexibility index (Phi) is 3.50. The first kappa shape index (κ1) is 12.1. The van der Waals surface area contributed by atoms with Gasteiger partial charge in [-0.1, -0.05) is 6.92 Å². The molecule has 0 atom stereocenters. The molecule has 4 heteroatoms. The summed E-state index contributed by atoms with van der Waals surface area (Å²) < 4.78 is 5.54. The summed E-state index contributed by atoms with van der Waals surface area (Å²) in [5.41, 5.74) is 0.518. The summed E-state index contributed by atoms with van der Waals surface area (Å²) in [4.78, 5) is 8.30. The predicted octanol–water partition coefficient (Wildman–Crippen LogP) is 2.87. The van der Waals surface area contributed by atoms with Crippen LogP contribution in [0.3, 0.4) is 0 Å². The lowest BCUT2D eigenvalue weighted by atomic mass is 10.0. The van der Waals surface area contributed by atoms with Gasteiger partial charge >= 0.3 is 0 Å². The van der Waals surface area contributed by atoms with Crippen LogP contribution in [0.5, 0.6) is 5.88 Å². The Morgan fingerprint density at radius 2 is 2.18 bits per heavy atom. The summed E-state index contributed by atoms with van der Waals surface area (Å²) in [6.45, 7) is 7.24. The highest BCUT2D eigenvalue weighted by Crippen LogP contribution is 2.48. The van der Waals surface area contributed by atoms with Gasteiger partial charge in [-0.15, -0.1) is 0 Å². The number of ether oxygens (including phenoxy) is 1. The van der Waals surface area contributed by atoms with Crippen molar-refractivity contribution in [2.45, 2.75) is 46.1 Å². The molecule has 0 spiro atoms. The average Bonchev–Trinajstić information content (AvgIpc) is 3.07. The monoisotopic (exact) mass is 235 g/mol. The van der Waals surface area contributed by atoms with Crippen molar-refractivity contribution in [1.29, 1.82) is 0 Å². The molecule has 0 radical (unpaired) electrons. The predicted molar refractivity (Wildman–Crippen MR) is 68.2 cm³/mol. The molecule has 1 aromatic rings. The molecule has 0 amide bonds. The number of hydrogen-bond acceptors (Lipinski definition) is 4. The maximum Gasteiger partial charge on any atom is 0.218 e. The van der Waals surface area contributed by atoms with E-state index in [2.05, 4.69) is 22.2 Å². The molecule has 4 nitrogen and oxygen atoms in total. The molecular weight excluding hydrogens is 214 g/mol. The number of nitrogens with zero attached hydrogens (tertiary/aromatic N) is 2. The van der Waals surface area contributed by atoms with Crippen molar-refractivity contribution < 1.29 is 4.74 Å². The quantitative estimate of drug-likeness (QED) is 0.823. The summed E-state index contributed by atoms with van der Waals surface area (Å²) in [5.74, 6) is 1.49. The molecule has 1 saturated carbocycles. The summed E-state index contributed by atoms with van der Waals surface area (Å²) in [6.07, 6.45) is 5.59. The minimum Gasteiger partial charge on any atom is -0.475 e. The van der Waals surface area contributed by atoms with Crippen LogP contribution in [-0.2, 0) is 0 Å². The van der Waals surface area contributed by atoms with Gasteiger partial charge in [0.25, 0.3) is 0 Å². The zero-order valence-corrected chi connectivity index (χ0v) is 10.9. The second-order valence-corrected chi connectivity index (χ2v) is 5.12. The van der Waals surface area contributed by atoms with Gasteiger partial charge in [0.1, 0.15) is 12.1 Å². The Morgan fingerprint density at radius 3 is 2.76 bits per heavy atom. The molecule has 94 valence electrons. The van der Waals surface area contributed by atoms with Crippen molar-refractivity contribution in [2.75, 3.05) is 11.9 Å². The van der Waals surface area contributed by atoms with Crippen LogP contribution >= 0.6 is 0 Å². The summed E-state index contributed by atoms with van der Waals surface area (Å²) >= 11 is 0. The molecule has 1 aliphatic carbocycles. The van der Waals surface area contributed by atoms with Crippen LogP contribution < -0.4 is 10.1 Å². The molecule has 0 unspecified atom stereocenters. The Balaban J connectivity index is 1.92. The van der Waals surface area contributed by atoms with E-state index in [1.54, 1.807) is 6.33 Å². The first-order valence-corrected chi connectivity index (χ1v) is 6.36. The van der Waals surface area contributed by atoms with Gasteiger partial charge in [0.15, 0.2) is 0 Å². The minimum atomic E-state index is 0.142. The van der Waals surface area contributed by atoms with E-state index in [0.717, 1.165) is 12.4 Å². The number of anilines is 1. The van der Waals surface area contributed by atoms with Gasteiger partial charge in [-0.25, -0.2) is 9.97 Å². The van der Waals surface area contributed by atoms with Gasteiger partial charge < -0.3 is 10.1 Å². The first-order valence-electron chi connectivity index (χ1n) is 6.36. The van der Waals surface area contributed by atoms with E-state index in [9.17, 15) is 0 Å². The second kappa shape index (κ2) is 4.90. The lowest BCUT2D eigenvalue weighted by Crippen LogP contribution is -2.15. The number of aromatic nitrogens is 2. The highest BCUT2D eigenvalue weighted by Gasteiger charge is 2.40. The van der Waals surface area contributed by atoms with Crippen LogP contribution in [0.15, 0.2) is 12.4 Å². The lowest BCUT2D eigenvalue weighted by molar-refractivity contribution is 0.232. The molecule has 1 fully saturated rings. The van der Waals surface area contributed by atoms with Crippen LogP contribution in [-0.4, -0.2) is 22.6 Å². The average molecular weight is 235 g/mol. The normalized spacial score (nSPS) is 16.9. The van der Waals surface area contributed by atoms with Gasteiger partial charge in [0, 0.05) is 12.6 Å². The highest BCUT2D eigenvalue weighted by molar-refractivity contribution is 5.37. The molecular formula is C13H21N3O. The number of hydrogen-bond donors (Lipinski definition) is 1. The smallest absolute Gasteiger partial charge is 0.218 e. The highest BCUT2D eigenvalue weighted by atomic mass is 16.5. The zero-order chi connectivity index (χ0) is 12.3. The molecule has 1 heterocycles. The SMILES string of the molecule is CCC1(CNc2cc(OC(C)C)ncn2)CC1. The van der Waals surface area contributed by atoms with Gasteiger partial charge in [-0.3, -0.25) is 0 Å². The third-order valence-electron chi connectivity index (χ3n) is 3.35. The van der Waals surface area contributed by atoms with Crippen molar-refractivity contribution in [3.8, 4) is 5.88 Å². The van der Waals surface area contributed by atoms with Crippen LogP contribution in [0, 0.1) is 5.41 Å². The molecule has 2 rings (SSSR count). The fraction of sp³-hybridized carbons (Fsp3) is 0.692. The van der Waals surface area contributed by atoms with Gasteiger partial charge in [-0.2, -0.15) is 0 Å². The Bertz CT molecular complexity index is 375. The van der Waals surface area contributed by atoms with E-state index in [1.807, 2.05) is 19.9 Å². The lowest BCUT2D eigenvalue weighted by Gasteiger charge is -2.14. The van der Waals surface area contributed by atoms with Crippen LogP contribution in [0.1, 0.15) is 40.0 Å². The Morgan fingerprint density at radius 1 is 1.41 bits per heavy atom. The number of nitrogens with one attached hydrogen (secondary N) is 1. The number of rotatable bonds is 6. The van der Waals surface area contributed by atoms with Crippen molar-refractivity contribution in [1.82, 2.24) is 9.97 Å². The van der Waals surface area contributed by atoms with Crippen molar-refractivity contribution in [3.63, 3.8) is 0 Å². The van der Waals surface area contributed by atoms with Gasteiger partial charge in [0.05, 0.1) is 6.10 Å². The zero-order valence-electron chi connectivity index (χ0n) is 10.9. The van der Waals surface area contributed by atoms with Crippen molar-refractivity contribution in [3.05, 3.63) is 12.4 Å². The first-order chi connectivity index (χ1) is 8.13. The maximum atomic E-state index is 5.54. The minimum absolute atomic E-state index is 0.142. The van der Waals surface area contributed by atoms with Crippen molar-refractivity contribution in [2.24, 2.45) is 5.41 Å².